The summed E-state index contributed by atoms with van der Waals surface area (Å²) in [4.78, 5) is 15.1. The molecule has 0 radical (unpaired) electrons. The average Bonchev–Trinajstić information content (AvgIpc) is 2.19. The number of Topliss-reactive ketones (excluding diaryl/α,β-unsaturated/α-hetero) is 1. The lowest BCUT2D eigenvalue weighted by molar-refractivity contribution is -0.0742. The molecule has 0 aliphatic carbocycles. The van der Waals surface area contributed by atoms with Gasteiger partial charge in [0, 0.05) is 26.0 Å². The maximum atomic E-state index is 12.7. The van der Waals surface area contributed by atoms with E-state index in [2.05, 4.69) is 4.98 Å². The molecule has 0 amide bonds. The summed E-state index contributed by atoms with van der Waals surface area (Å²) < 4.78 is 22.2. The van der Waals surface area contributed by atoms with E-state index < -0.39 is 17.9 Å². The predicted octanol–water partition coefficient (Wildman–Crippen LogP) is 1.02. The highest BCUT2D eigenvalue weighted by Crippen LogP contribution is 2.06. The van der Waals surface area contributed by atoms with Crippen LogP contribution in [0.25, 0.3) is 0 Å². The van der Waals surface area contributed by atoms with E-state index in [-0.39, 0.29) is 5.56 Å². The molecular formula is C9H10FNO3. The quantitative estimate of drug-likeness (QED) is 0.536. The normalized spacial score (nSPS) is 10.6. The minimum atomic E-state index is -1.02. The fraction of sp³-hybridized carbons (Fsp3) is 0.333. The molecule has 0 fully saturated rings. The fourth-order valence-electron chi connectivity index (χ4n) is 0.993. The standard InChI is InChI=1S/C9H10FNO3/c1-13-9(14-2)8(12)6-3-7(10)5-11-4-6/h3-5,9H,1-2H3. The maximum absolute atomic E-state index is 12.7. The van der Waals surface area contributed by atoms with Gasteiger partial charge in [-0.05, 0) is 6.07 Å². The van der Waals surface area contributed by atoms with E-state index in [4.69, 9.17) is 9.47 Å². The molecule has 0 N–H and O–H groups in total. The topological polar surface area (TPSA) is 48.4 Å². The predicted molar refractivity (Wildman–Crippen MR) is 46.3 cm³/mol. The van der Waals surface area contributed by atoms with Gasteiger partial charge < -0.3 is 9.47 Å². The molecule has 0 aromatic carbocycles. The zero-order valence-corrected chi connectivity index (χ0v) is 7.86. The highest BCUT2D eigenvalue weighted by Gasteiger charge is 2.19. The summed E-state index contributed by atoms with van der Waals surface area (Å²) in [5.41, 5.74) is 0.124. The van der Waals surface area contributed by atoms with Crippen LogP contribution in [0.15, 0.2) is 18.5 Å². The van der Waals surface area contributed by atoms with Crippen molar-refractivity contribution in [2.45, 2.75) is 6.29 Å². The van der Waals surface area contributed by atoms with Crippen molar-refractivity contribution in [3.8, 4) is 0 Å². The van der Waals surface area contributed by atoms with Crippen molar-refractivity contribution in [1.82, 2.24) is 4.98 Å². The summed E-state index contributed by atoms with van der Waals surface area (Å²) in [5, 5.41) is 0. The van der Waals surface area contributed by atoms with Gasteiger partial charge in [-0.15, -0.1) is 0 Å². The van der Waals surface area contributed by atoms with Crippen molar-refractivity contribution < 1.29 is 18.7 Å². The van der Waals surface area contributed by atoms with E-state index in [9.17, 15) is 9.18 Å². The van der Waals surface area contributed by atoms with E-state index in [1.807, 2.05) is 0 Å². The third-order valence-corrected chi connectivity index (χ3v) is 1.63. The van der Waals surface area contributed by atoms with Crippen molar-refractivity contribution in [3.05, 3.63) is 29.8 Å². The molecule has 1 heterocycles. The van der Waals surface area contributed by atoms with Crippen molar-refractivity contribution in [1.29, 1.82) is 0 Å². The van der Waals surface area contributed by atoms with Crippen LogP contribution in [0.3, 0.4) is 0 Å². The highest BCUT2D eigenvalue weighted by molar-refractivity contribution is 5.98. The zero-order chi connectivity index (χ0) is 10.6. The molecule has 1 aromatic rings. The van der Waals surface area contributed by atoms with Crippen LogP contribution >= 0.6 is 0 Å². The Labute approximate surface area is 80.7 Å². The lowest BCUT2D eigenvalue weighted by Crippen LogP contribution is -2.25. The summed E-state index contributed by atoms with van der Waals surface area (Å²) in [6, 6.07) is 1.08. The number of ether oxygens (including phenoxy) is 2. The number of carbonyl (C=O) groups is 1. The van der Waals surface area contributed by atoms with Crippen molar-refractivity contribution in [2.24, 2.45) is 0 Å². The summed E-state index contributed by atoms with van der Waals surface area (Å²) in [6.45, 7) is 0. The Morgan fingerprint density at radius 3 is 2.57 bits per heavy atom. The molecule has 4 nitrogen and oxygen atoms in total. The molecule has 14 heavy (non-hydrogen) atoms. The van der Waals surface area contributed by atoms with Gasteiger partial charge in [-0.25, -0.2) is 4.39 Å². The average molecular weight is 199 g/mol. The SMILES string of the molecule is COC(OC)C(=O)c1cncc(F)c1. The monoisotopic (exact) mass is 199 g/mol. The van der Waals surface area contributed by atoms with Crippen LogP contribution in [0.4, 0.5) is 4.39 Å². The minimum Gasteiger partial charge on any atom is -0.349 e. The molecule has 0 saturated carbocycles. The first-order valence-electron chi connectivity index (χ1n) is 3.89. The van der Waals surface area contributed by atoms with E-state index in [0.29, 0.717) is 0 Å². The van der Waals surface area contributed by atoms with E-state index in [0.717, 1.165) is 12.3 Å². The second-order valence-corrected chi connectivity index (χ2v) is 2.56. The van der Waals surface area contributed by atoms with Crippen LogP contribution in [0, 0.1) is 5.82 Å². The van der Waals surface area contributed by atoms with Gasteiger partial charge in [0.05, 0.1) is 6.20 Å². The van der Waals surface area contributed by atoms with Gasteiger partial charge in [-0.3, -0.25) is 9.78 Å². The number of pyridine rings is 1. The van der Waals surface area contributed by atoms with Gasteiger partial charge in [0.1, 0.15) is 5.82 Å². The Kier molecular flexibility index (Phi) is 3.67. The largest absolute Gasteiger partial charge is 0.349 e. The van der Waals surface area contributed by atoms with Crippen LogP contribution in [-0.2, 0) is 9.47 Å². The molecule has 0 aliphatic heterocycles. The van der Waals surface area contributed by atoms with Crippen LogP contribution in [-0.4, -0.2) is 31.3 Å². The third kappa shape index (κ3) is 2.34. The lowest BCUT2D eigenvalue weighted by atomic mass is 10.2. The summed E-state index contributed by atoms with van der Waals surface area (Å²) in [7, 11) is 2.66. The van der Waals surface area contributed by atoms with Gasteiger partial charge in [-0.2, -0.15) is 0 Å². The van der Waals surface area contributed by atoms with Gasteiger partial charge in [0.2, 0.25) is 12.1 Å². The Hall–Kier alpha value is -1.33. The first-order valence-corrected chi connectivity index (χ1v) is 3.89. The van der Waals surface area contributed by atoms with Gasteiger partial charge in [-0.1, -0.05) is 0 Å². The first kappa shape index (κ1) is 10.7. The molecule has 1 rings (SSSR count). The molecular weight excluding hydrogens is 189 g/mol. The Bertz CT molecular complexity index is 326. The smallest absolute Gasteiger partial charge is 0.222 e. The van der Waals surface area contributed by atoms with Crippen molar-refractivity contribution >= 4 is 5.78 Å². The molecule has 0 unspecified atom stereocenters. The Morgan fingerprint density at radius 1 is 1.43 bits per heavy atom. The van der Waals surface area contributed by atoms with Gasteiger partial charge in [0.15, 0.2) is 0 Å². The molecule has 0 atom stereocenters. The summed E-state index contributed by atoms with van der Waals surface area (Å²) >= 11 is 0. The Morgan fingerprint density at radius 2 is 2.07 bits per heavy atom. The van der Waals surface area contributed by atoms with E-state index in [1.165, 1.54) is 20.4 Å². The summed E-state index contributed by atoms with van der Waals surface area (Å²) in [5.74, 6) is -1.02. The molecule has 0 aliphatic rings. The number of hydrogen-bond donors (Lipinski definition) is 0. The lowest BCUT2D eigenvalue weighted by Gasteiger charge is -2.11. The first-order chi connectivity index (χ1) is 6.69. The van der Waals surface area contributed by atoms with Gasteiger partial charge in [0.25, 0.3) is 0 Å². The molecule has 0 saturated heterocycles. The van der Waals surface area contributed by atoms with E-state index >= 15 is 0 Å². The van der Waals surface area contributed by atoms with Gasteiger partial charge >= 0.3 is 0 Å². The van der Waals surface area contributed by atoms with Crippen molar-refractivity contribution in [3.63, 3.8) is 0 Å². The molecule has 1 aromatic heterocycles. The number of ketones is 1. The molecule has 5 heteroatoms. The second-order valence-electron chi connectivity index (χ2n) is 2.56. The minimum absolute atomic E-state index is 0.124. The van der Waals surface area contributed by atoms with Crippen LogP contribution in [0.1, 0.15) is 10.4 Å². The van der Waals surface area contributed by atoms with Crippen LogP contribution < -0.4 is 0 Å². The number of halogens is 1. The fourth-order valence-corrected chi connectivity index (χ4v) is 0.993. The molecule has 76 valence electrons. The number of rotatable bonds is 4. The third-order valence-electron chi connectivity index (χ3n) is 1.63. The number of aromatic nitrogens is 1. The number of hydrogen-bond acceptors (Lipinski definition) is 4. The van der Waals surface area contributed by atoms with Crippen LogP contribution in [0.2, 0.25) is 0 Å². The maximum Gasteiger partial charge on any atom is 0.222 e. The second kappa shape index (κ2) is 4.78. The summed E-state index contributed by atoms with van der Waals surface area (Å²) in [6.07, 6.45) is 1.26. The number of nitrogens with zero attached hydrogens (tertiary/aromatic N) is 1. The number of carbonyl (C=O) groups excluding carboxylic acids is 1. The molecule has 0 bridgehead atoms. The van der Waals surface area contributed by atoms with Crippen LogP contribution in [0.5, 0.6) is 0 Å². The Balaban J connectivity index is 2.88. The zero-order valence-electron chi connectivity index (χ0n) is 7.86. The highest BCUT2D eigenvalue weighted by atomic mass is 19.1. The van der Waals surface area contributed by atoms with Crippen molar-refractivity contribution in [2.75, 3.05) is 14.2 Å². The molecule has 0 spiro atoms. The number of methoxy groups -OCH3 is 2. The van der Waals surface area contributed by atoms with E-state index in [1.54, 1.807) is 0 Å².